The van der Waals surface area contributed by atoms with Crippen molar-refractivity contribution in [3.05, 3.63) is 64.6 Å². The topological polar surface area (TPSA) is 108 Å². The van der Waals surface area contributed by atoms with E-state index in [1.54, 1.807) is 0 Å². The molecule has 3 aromatic rings. The number of methoxy groups -OCH3 is 4. The van der Waals surface area contributed by atoms with Gasteiger partial charge in [0.05, 0.1) is 25.5 Å². The van der Waals surface area contributed by atoms with Gasteiger partial charge in [-0.1, -0.05) is 12.1 Å². The van der Waals surface area contributed by atoms with Crippen LogP contribution in [0.3, 0.4) is 0 Å². The van der Waals surface area contributed by atoms with Crippen molar-refractivity contribution in [2.24, 2.45) is 0 Å². The zero-order chi connectivity index (χ0) is 27.2. The summed E-state index contributed by atoms with van der Waals surface area (Å²) in [6, 6.07) is 4.40. The SMILES string of the molecule is COc1cc(OC)c(F)c(/C=C\c2cnc(NC(=O)N3CCCc4ccc(C(OC)OC)nc43)nc2)c1F. The predicted molar refractivity (Wildman–Crippen MR) is 136 cm³/mol. The third-order valence-electron chi connectivity index (χ3n) is 5.92. The van der Waals surface area contributed by atoms with Gasteiger partial charge in [-0.15, -0.1) is 0 Å². The number of anilines is 2. The maximum atomic E-state index is 14.6. The molecule has 1 aromatic carbocycles. The fourth-order valence-corrected chi connectivity index (χ4v) is 4.00. The molecule has 0 spiro atoms. The number of ether oxygens (including phenoxy) is 4. The summed E-state index contributed by atoms with van der Waals surface area (Å²) < 4.78 is 49.6. The van der Waals surface area contributed by atoms with Gasteiger partial charge in [0.1, 0.15) is 5.82 Å². The molecule has 0 aliphatic carbocycles. The van der Waals surface area contributed by atoms with Gasteiger partial charge in [-0.2, -0.15) is 0 Å². The number of halogens is 2. The van der Waals surface area contributed by atoms with E-state index < -0.39 is 24.0 Å². The quantitative estimate of drug-likeness (QED) is 0.423. The fraction of sp³-hybridized carbons (Fsp3) is 0.308. The van der Waals surface area contributed by atoms with Crippen LogP contribution in [0.4, 0.5) is 25.3 Å². The molecule has 200 valence electrons. The third kappa shape index (κ3) is 5.55. The second kappa shape index (κ2) is 11.9. The third-order valence-corrected chi connectivity index (χ3v) is 5.92. The number of amides is 2. The van der Waals surface area contributed by atoms with Crippen LogP contribution in [-0.2, 0) is 15.9 Å². The first-order chi connectivity index (χ1) is 18.4. The molecule has 4 rings (SSSR count). The lowest BCUT2D eigenvalue weighted by molar-refractivity contribution is -0.108. The van der Waals surface area contributed by atoms with Crippen molar-refractivity contribution < 1.29 is 32.5 Å². The number of hydrogen-bond acceptors (Lipinski definition) is 8. The number of aromatic nitrogens is 3. The first kappa shape index (κ1) is 26.9. The number of pyridine rings is 1. The van der Waals surface area contributed by atoms with Crippen molar-refractivity contribution in [2.75, 3.05) is 45.2 Å². The summed E-state index contributed by atoms with van der Waals surface area (Å²) in [5.41, 5.74) is 1.58. The van der Waals surface area contributed by atoms with E-state index in [0.717, 1.165) is 24.5 Å². The van der Waals surface area contributed by atoms with Crippen LogP contribution in [0.2, 0.25) is 0 Å². The smallest absolute Gasteiger partial charge is 0.329 e. The first-order valence-electron chi connectivity index (χ1n) is 11.6. The summed E-state index contributed by atoms with van der Waals surface area (Å²) in [7, 11) is 5.57. The number of nitrogens with zero attached hydrogens (tertiary/aromatic N) is 4. The van der Waals surface area contributed by atoms with Crippen LogP contribution in [0.15, 0.2) is 30.6 Å². The van der Waals surface area contributed by atoms with Gasteiger partial charge in [0.2, 0.25) is 12.2 Å². The Morgan fingerprint density at radius 3 is 2.29 bits per heavy atom. The minimum atomic E-state index is -0.868. The Bertz CT molecular complexity index is 1300. The molecule has 0 fully saturated rings. The van der Waals surface area contributed by atoms with E-state index in [9.17, 15) is 13.6 Å². The lowest BCUT2D eigenvalue weighted by atomic mass is 10.1. The van der Waals surface area contributed by atoms with Gasteiger partial charge < -0.3 is 18.9 Å². The molecule has 38 heavy (non-hydrogen) atoms. The molecule has 1 aliphatic heterocycles. The van der Waals surface area contributed by atoms with Crippen molar-refractivity contribution in [1.82, 2.24) is 15.0 Å². The zero-order valence-corrected chi connectivity index (χ0v) is 21.3. The number of hydrogen-bond donors (Lipinski definition) is 1. The van der Waals surface area contributed by atoms with Crippen LogP contribution in [0.5, 0.6) is 11.5 Å². The Morgan fingerprint density at radius 1 is 1.03 bits per heavy atom. The Morgan fingerprint density at radius 2 is 1.68 bits per heavy atom. The Labute approximate surface area is 218 Å². The number of benzene rings is 1. The minimum absolute atomic E-state index is 0.0579. The highest BCUT2D eigenvalue weighted by Crippen LogP contribution is 2.32. The molecular weight excluding hydrogens is 500 g/mol. The largest absolute Gasteiger partial charge is 0.494 e. The molecule has 3 heterocycles. The zero-order valence-electron chi connectivity index (χ0n) is 21.3. The van der Waals surface area contributed by atoms with E-state index in [4.69, 9.17) is 18.9 Å². The molecule has 0 atom stereocenters. The van der Waals surface area contributed by atoms with E-state index in [1.807, 2.05) is 12.1 Å². The van der Waals surface area contributed by atoms with Crippen molar-refractivity contribution in [2.45, 2.75) is 19.1 Å². The molecule has 0 bridgehead atoms. The van der Waals surface area contributed by atoms with Gasteiger partial charge in [-0.05, 0) is 30.5 Å². The van der Waals surface area contributed by atoms with Crippen LogP contribution >= 0.6 is 0 Å². The number of urea groups is 1. The summed E-state index contributed by atoms with van der Waals surface area (Å²) in [6.07, 6.45) is 6.38. The highest BCUT2D eigenvalue weighted by molar-refractivity contribution is 6.00. The monoisotopic (exact) mass is 527 g/mol. The minimum Gasteiger partial charge on any atom is -0.494 e. The number of carbonyl (C=O) groups is 1. The number of carbonyl (C=O) groups excluding carboxylic acids is 1. The summed E-state index contributed by atoms with van der Waals surface area (Å²) in [5.74, 6) is -1.47. The maximum Gasteiger partial charge on any atom is 0.329 e. The maximum absolute atomic E-state index is 14.6. The molecule has 0 radical (unpaired) electrons. The Balaban J connectivity index is 1.50. The van der Waals surface area contributed by atoms with Gasteiger partial charge in [0.25, 0.3) is 0 Å². The molecule has 0 unspecified atom stereocenters. The van der Waals surface area contributed by atoms with Gasteiger partial charge in [-0.25, -0.2) is 28.5 Å². The van der Waals surface area contributed by atoms with Gasteiger partial charge >= 0.3 is 6.03 Å². The lowest BCUT2D eigenvalue weighted by Crippen LogP contribution is -2.40. The molecule has 12 heteroatoms. The summed E-state index contributed by atoms with van der Waals surface area (Å²) in [5, 5.41) is 2.66. The van der Waals surface area contributed by atoms with Crippen molar-refractivity contribution in [3.8, 4) is 11.5 Å². The number of fused-ring (bicyclic) bond motifs is 1. The fourth-order valence-electron chi connectivity index (χ4n) is 4.00. The highest BCUT2D eigenvalue weighted by Gasteiger charge is 2.26. The average molecular weight is 528 g/mol. The molecule has 2 aromatic heterocycles. The summed E-state index contributed by atoms with van der Waals surface area (Å²) in [4.78, 5) is 27.5. The van der Waals surface area contributed by atoms with E-state index in [0.29, 0.717) is 23.6 Å². The predicted octanol–water partition coefficient (Wildman–Crippen LogP) is 4.61. The average Bonchev–Trinajstić information content (AvgIpc) is 2.94. The first-order valence-corrected chi connectivity index (χ1v) is 11.6. The molecular formula is C26H27F2N5O5. The van der Waals surface area contributed by atoms with Crippen LogP contribution in [-0.4, -0.2) is 56.0 Å². The van der Waals surface area contributed by atoms with Crippen LogP contribution in [0, 0.1) is 11.6 Å². The summed E-state index contributed by atoms with van der Waals surface area (Å²) >= 11 is 0. The van der Waals surface area contributed by atoms with E-state index >= 15 is 0 Å². The van der Waals surface area contributed by atoms with Crippen molar-refractivity contribution in [3.63, 3.8) is 0 Å². The lowest BCUT2D eigenvalue weighted by Gasteiger charge is -2.29. The molecule has 0 saturated carbocycles. The van der Waals surface area contributed by atoms with E-state index in [2.05, 4.69) is 20.3 Å². The standard InChI is InChI=1S/C26H27F2N5O5/c1-35-19-12-20(36-2)22(28)17(21(19)27)9-7-15-13-29-25(30-14-15)32-26(34)33-11-5-6-16-8-10-18(31-23(16)33)24(37-3)38-4/h7-10,12-14,24H,5-6,11H2,1-4H3,(H,29,30,32,34)/b9-7-. The van der Waals surface area contributed by atoms with Crippen LogP contribution < -0.4 is 19.7 Å². The van der Waals surface area contributed by atoms with Gasteiger partial charge in [0.15, 0.2) is 23.1 Å². The molecule has 1 N–H and O–H groups in total. The second-order valence-corrected chi connectivity index (χ2v) is 8.20. The molecule has 2 amide bonds. The van der Waals surface area contributed by atoms with Gasteiger partial charge in [0, 0.05) is 44.8 Å². The van der Waals surface area contributed by atoms with Gasteiger partial charge in [-0.3, -0.25) is 10.2 Å². The normalized spacial score (nSPS) is 13.1. The van der Waals surface area contributed by atoms with E-state index in [-0.39, 0.29) is 23.0 Å². The Kier molecular flexibility index (Phi) is 8.44. The number of rotatable bonds is 8. The second-order valence-electron chi connectivity index (χ2n) is 8.20. The Hall–Kier alpha value is -4.16. The van der Waals surface area contributed by atoms with Crippen LogP contribution in [0.1, 0.15) is 35.1 Å². The number of nitrogens with one attached hydrogen (secondary N) is 1. The molecule has 10 nitrogen and oxygen atoms in total. The van der Waals surface area contributed by atoms with Crippen LogP contribution in [0.25, 0.3) is 12.2 Å². The molecule has 1 aliphatic rings. The van der Waals surface area contributed by atoms with Crippen molar-refractivity contribution >= 4 is 29.9 Å². The summed E-state index contributed by atoms with van der Waals surface area (Å²) in [6.45, 7) is 0.460. The highest BCUT2D eigenvalue weighted by atomic mass is 19.1. The number of aryl methyl sites for hydroxylation is 1. The van der Waals surface area contributed by atoms with Crippen molar-refractivity contribution in [1.29, 1.82) is 0 Å². The molecule has 0 saturated heterocycles. The van der Waals surface area contributed by atoms with E-state index in [1.165, 1.54) is 57.9 Å².